The number of nitrogens with zero attached hydrogens (tertiary/aromatic N) is 2. The van der Waals surface area contributed by atoms with Crippen molar-refractivity contribution in [3.05, 3.63) is 84.2 Å². The van der Waals surface area contributed by atoms with Gasteiger partial charge < -0.3 is 5.11 Å². The van der Waals surface area contributed by atoms with E-state index in [1.54, 1.807) is 18.2 Å². The number of aromatic carboxylic acids is 1. The molecule has 0 radical (unpaired) electrons. The van der Waals surface area contributed by atoms with Gasteiger partial charge in [-0.3, -0.25) is 4.57 Å². The third-order valence-corrected chi connectivity index (χ3v) is 4.00. The van der Waals surface area contributed by atoms with Gasteiger partial charge in [0.05, 0.1) is 16.6 Å². The van der Waals surface area contributed by atoms with E-state index in [4.69, 9.17) is 0 Å². The van der Waals surface area contributed by atoms with Crippen LogP contribution < -0.4 is 0 Å². The summed E-state index contributed by atoms with van der Waals surface area (Å²) in [7, 11) is 0. The van der Waals surface area contributed by atoms with Gasteiger partial charge >= 0.3 is 5.97 Å². The van der Waals surface area contributed by atoms with Crippen LogP contribution in [-0.2, 0) is 0 Å². The van der Waals surface area contributed by atoms with Crippen LogP contribution in [0.1, 0.15) is 10.4 Å². The fourth-order valence-electron chi connectivity index (χ4n) is 2.87. The van der Waals surface area contributed by atoms with Crippen molar-refractivity contribution in [1.29, 1.82) is 0 Å². The van der Waals surface area contributed by atoms with Crippen molar-refractivity contribution >= 4 is 17.0 Å². The second-order valence-corrected chi connectivity index (χ2v) is 5.63. The fourth-order valence-corrected chi connectivity index (χ4v) is 2.87. The van der Waals surface area contributed by atoms with E-state index in [1.165, 1.54) is 18.2 Å². The average Bonchev–Trinajstić information content (AvgIpc) is 3.01. The van der Waals surface area contributed by atoms with Gasteiger partial charge in [-0.2, -0.15) is 0 Å². The quantitative estimate of drug-likeness (QED) is 0.600. The number of hydrogen-bond donors (Lipinski definition) is 1. The van der Waals surface area contributed by atoms with E-state index < -0.39 is 5.97 Å². The van der Waals surface area contributed by atoms with Gasteiger partial charge in [0.2, 0.25) is 0 Å². The molecule has 5 heteroatoms. The molecule has 0 unspecified atom stereocenters. The van der Waals surface area contributed by atoms with Gasteiger partial charge in [0.1, 0.15) is 11.6 Å². The summed E-state index contributed by atoms with van der Waals surface area (Å²) in [6.07, 6.45) is 0. The number of aromatic nitrogens is 2. The van der Waals surface area contributed by atoms with E-state index in [0.29, 0.717) is 22.5 Å². The van der Waals surface area contributed by atoms with Gasteiger partial charge in [-0.1, -0.05) is 36.4 Å². The number of carboxylic acid groups (broad SMARTS) is 1. The highest BCUT2D eigenvalue weighted by Gasteiger charge is 2.15. The summed E-state index contributed by atoms with van der Waals surface area (Å²) in [6, 6.07) is 20.5. The summed E-state index contributed by atoms with van der Waals surface area (Å²) in [4.78, 5) is 15.9. The second kappa shape index (κ2) is 5.87. The monoisotopic (exact) mass is 332 g/mol. The van der Waals surface area contributed by atoms with Crippen molar-refractivity contribution in [3.8, 4) is 17.1 Å². The summed E-state index contributed by atoms with van der Waals surface area (Å²) >= 11 is 0. The number of fused-ring (bicyclic) bond motifs is 1. The van der Waals surface area contributed by atoms with Crippen molar-refractivity contribution < 1.29 is 14.3 Å². The Morgan fingerprint density at radius 2 is 1.76 bits per heavy atom. The van der Waals surface area contributed by atoms with Crippen molar-refractivity contribution in [2.75, 3.05) is 0 Å². The summed E-state index contributed by atoms with van der Waals surface area (Å²) in [5.41, 5.74) is 2.93. The van der Waals surface area contributed by atoms with Crippen molar-refractivity contribution in [2.45, 2.75) is 0 Å². The topological polar surface area (TPSA) is 55.1 Å². The van der Waals surface area contributed by atoms with Crippen LogP contribution in [-0.4, -0.2) is 20.6 Å². The predicted octanol–water partition coefficient (Wildman–Crippen LogP) is 4.53. The highest BCUT2D eigenvalue weighted by molar-refractivity contribution is 5.89. The molecule has 25 heavy (non-hydrogen) atoms. The second-order valence-electron chi connectivity index (χ2n) is 5.63. The lowest BCUT2D eigenvalue weighted by atomic mass is 10.1. The van der Waals surface area contributed by atoms with E-state index in [1.807, 2.05) is 41.0 Å². The Balaban J connectivity index is 2.04. The fraction of sp³-hybridized carbons (Fsp3) is 0. The van der Waals surface area contributed by atoms with Crippen LogP contribution in [0.3, 0.4) is 0 Å². The molecule has 0 saturated heterocycles. The van der Waals surface area contributed by atoms with Gasteiger partial charge in [-0.05, 0) is 30.3 Å². The van der Waals surface area contributed by atoms with E-state index in [2.05, 4.69) is 4.98 Å². The summed E-state index contributed by atoms with van der Waals surface area (Å²) in [5.74, 6) is -0.738. The van der Waals surface area contributed by atoms with Crippen LogP contribution in [0.2, 0.25) is 0 Å². The minimum Gasteiger partial charge on any atom is -0.478 e. The molecule has 0 fully saturated rings. The van der Waals surface area contributed by atoms with Crippen LogP contribution in [0.5, 0.6) is 0 Å². The molecule has 0 atom stereocenters. The standard InChI is InChI=1S/C20H13FN2O2/c21-15-9-10-18-17(12-15)22-19(13-5-2-1-3-6-13)23(18)16-8-4-7-14(11-16)20(24)25/h1-12H,(H,24,25). The first-order valence-corrected chi connectivity index (χ1v) is 7.70. The van der Waals surface area contributed by atoms with Gasteiger partial charge in [-0.15, -0.1) is 0 Å². The summed E-state index contributed by atoms with van der Waals surface area (Å²) in [5, 5.41) is 9.27. The Hall–Kier alpha value is -3.47. The van der Waals surface area contributed by atoms with E-state index >= 15 is 0 Å². The minimum absolute atomic E-state index is 0.181. The molecule has 3 aromatic carbocycles. The molecule has 4 nitrogen and oxygen atoms in total. The zero-order valence-corrected chi connectivity index (χ0v) is 13.1. The molecule has 4 rings (SSSR count). The molecule has 0 spiro atoms. The predicted molar refractivity (Wildman–Crippen MR) is 93.4 cm³/mol. The highest BCUT2D eigenvalue weighted by Crippen LogP contribution is 2.29. The molecular formula is C20H13FN2O2. The molecule has 1 heterocycles. The van der Waals surface area contributed by atoms with Gasteiger partial charge in [0.15, 0.2) is 0 Å². The maximum atomic E-state index is 13.6. The molecule has 4 aromatic rings. The minimum atomic E-state index is -1.00. The van der Waals surface area contributed by atoms with Crippen LogP contribution >= 0.6 is 0 Å². The lowest BCUT2D eigenvalue weighted by molar-refractivity contribution is 0.0697. The first-order valence-electron chi connectivity index (χ1n) is 7.70. The van der Waals surface area contributed by atoms with Gasteiger partial charge in [0, 0.05) is 17.3 Å². The Morgan fingerprint density at radius 1 is 0.960 bits per heavy atom. The number of carboxylic acids is 1. The zero-order chi connectivity index (χ0) is 17.4. The van der Waals surface area contributed by atoms with Crippen LogP contribution in [0, 0.1) is 5.82 Å². The van der Waals surface area contributed by atoms with E-state index in [-0.39, 0.29) is 11.4 Å². The number of imidazole rings is 1. The molecular weight excluding hydrogens is 319 g/mol. The lowest BCUT2D eigenvalue weighted by Gasteiger charge is -2.10. The molecule has 0 bridgehead atoms. The number of carbonyl (C=O) groups is 1. The SMILES string of the molecule is O=C(O)c1cccc(-n2c(-c3ccccc3)nc3cc(F)ccc32)c1. The smallest absolute Gasteiger partial charge is 0.335 e. The van der Waals surface area contributed by atoms with Crippen molar-refractivity contribution in [3.63, 3.8) is 0 Å². The Kier molecular flexibility index (Phi) is 3.54. The third kappa shape index (κ3) is 2.65. The molecule has 122 valence electrons. The maximum Gasteiger partial charge on any atom is 0.335 e. The molecule has 0 aliphatic carbocycles. The lowest BCUT2D eigenvalue weighted by Crippen LogP contribution is -2.01. The van der Waals surface area contributed by atoms with Crippen LogP contribution in [0.25, 0.3) is 28.1 Å². The van der Waals surface area contributed by atoms with Crippen molar-refractivity contribution in [1.82, 2.24) is 9.55 Å². The molecule has 0 amide bonds. The third-order valence-electron chi connectivity index (χ3n) is 4.00. The maximum absolute atomic E-state index is 13.6. The number of benzene rings is 3. The molecule has 1 N–H and O–H groups in total. The molecule has 1 aromatic heterocycles. The molecule has 0 saturated carbocycles. The molecule has 0 aliphatic rings. The largest absolute Gasteiger partial charge is 0.478 e. The number of halogens is 1. The van der Waals surface area contributed by atoms with Crippen LogP contribution in [0.15, 0.2) is 72.8 Å². The van der Waals surface area contributed by atoms with Crippen molar-refractivity contribution in [2.24, 2.45) is 0 Å². The zero-order valence-electron chi connectivity index (χ0n) is 13.1. The first kappa shape index (κ1) is 15.1. The first-order chi connectivity index (χ1) is 12.1. The Morgan fingerprint density at radius 3 is 2.52 bits per heavy atom. The molecule has 0 aliphatic heterocycles. The average molecular weight is 332 g/mol. The summed E-state index contributed by atoms with van der Waals surface area (Å²) < 4.78 is 15.5. The van der Waals surface area contributed by atoms with Crippen LogP contribution in [0.4, 0.5) is 4.39 Å². The number of rotatable bonds is 3. The summed E-state index contributed by atoms with van der Waals surface area (Å²) in [6.45, 7) is 0. The highest BCUT2D eigenvalue weighted by atomic mass is 19.1. The Labute approximate surface area is 142 Å². The number of hydrogen-bond acceptors (Lipinski definition) is 2. The van der Waals surface area contributed by atoms with E-state index in [0.717, 1.165) is 5.56 Å². The van der Waals surface area contributed by atoms with Gasteiger partial charge in [-0.25, -0.2) is 14.2 Å². The van der Waals surface area contributed by atoms with Gasteiger partial charge in [0.25, 0.3) is 0 Å². The normalized spacial score (nSPS) is 10.9. The van der Waals surface area contributed by atoms with E-state index in [9.17, 15) is 14.3 Å². The Bertz CT molecular complexity index is 1090.